The molecule has 120 valence electrons. The zero-order valence-corrected chi connectivity index (χ0v) is 12.2. The van der Waals surface area contributed by atoms with E-state index in [-0.39, 0.29) is 11.9 Å². The standard InChI is InChI=1S/C16H19F3N2O/c17-16(18,19)12-4-1-3-11(9-12)15(6-7-15)14(22)21-8-2-5-13(20)10-21/h1,3-4,9,13H,2,5-8,10,20H2. The van der Waals surface area contributed by atoms with Crippen LogP contribution in [0.4, 0.5) is 13.2 Å². The molecule has 1 atom stereocenters. The van der Waals surface area contributed by atoms with Crippen molar-refractivity contribution in [1.29, 1.82) is 0 Å². The van der Waals surface area contributed by atoms with Gasteiger partial charge in [-0.15, -0.1) is 0 Å². The summed E-state index contributed by atoms with van der Waals surface area (Å²) in [5.41, 5.74) is 4.92. The number of hydrogen-bond donors (Lipinski definition) is 1. The lowest BCUT2D eigenvalue weighted by Crippen LogP contribution is -2.49. The zero-order chi connectivity index (χ0) is 16.0. The maximum atomic E-state index is 12.9. The van der Waals surface area contributed by atoms with Gasteiger partial charge in [0, 0.05) is 19.1 Å². The van der Waals surface area contributed by atoms with Crippen molar-refractivity contribution in [2.45, 2.75) is 43.3 Å². The summed E-state index contributed by atoms with van der Waals surface area (Å²) in [5.74, 6) is -0.0676. The van der Waals surface area contributed by atoms with Crippen LogP contribution in [-0.4, -0.2) is 29.9 Å². The van der Waals surface area contributed by atoms with E-state index >= 15 is 0 Å². The molecule has 3 rings (SSSR count). The minimum absolute atomic E-state index is 0.0324. The number of alkyl halides is 3. The third kappa shape index (κ3) is 2.72. The summed E-state index contributed by atoms with van der Waals surface area (Å²) in [5, 5.41) is 0. The second-order valence-electron chi connectivity index (χ2n) is 6.31. The molecule has 1 amide bonds. The van der Waals surface area contributed by atoms with Crippen LogP contribution in [0.3, 0.4) is 0 Å². The van der Waals surface area contributed by atoms with Crippen LogP contribution >= 0.6 is 0 Å². The number of likely N-dealkylation sites (tertiary alicyclic amines) is 1. The average molecular weight is 312 g/mol. The molecule has 2 N–H and O–H groups in total. The summed E-state index contributed by atoms with van der Waals surface area (Å²) >= 11 is 0. The molecule has 1 heterocycles. The van der Waals surface area contributed by atoms with Crippen LogP contribution in [0.1, 0.15) is 36.8 Å². The first-order valence-corrected chi connectivity index (χ1v) is 7.56. The van der Waals surface area contributed by atoms with Gasteiger partial charge < -0.3 is 10.6 Å². The SMILES string of the molecule is NC1CCCN(C(=O)C2(c3cccc(C(F)(F)F)c3)CC2)C1. The van der Waals surface area contributed by atoms with Gasteiger partial charge in [-0.25, -0.2) is 0 Å². The molecule has 0 aromatic heterocycles. The Hall–Kier alpha value is -1.56. The number of benzene rings is 1. The van der Waals surface area contributed by atoms with Gasteiger partial charge in [0.25, 0.3) is 0 Å². The third-order valence-electron chi connectivity index (χ3n) is 4.65. The Bertz CT molecular complexity index is 581. The summed E-state index contributed by atoms with van der Waals surface area (Å²) in [6.07, 6.45) is -1.42. The van der Waals surface area contributed by atoms with E-state index in [4.69, 9.17) is 5.73 Å². The quantitative estimate of drug-likeness (QED) is 0.912. The maximum absolute atomic E-state index is 12.9. The van der Waals surface area contributed by atoms with Gasteiger partial charge in [-0.2, -0.15) is 13.2 Å². The molecule has 2 aliphatic rings. The van der Waals surface area contributed by atoms with Gasteiger partial charge in [-0.1, -0.05) is 18.2 Å². The molecule has 1 aliphatic heterocycles. The van der Waals surface area contributed by atoms with Gasteiger partial charge >= 0.3 is 6.18 Å². The van der Waals surface area contributed by atoms with Crippen LogP contribution in [0.25, 0.3) is 0 Å². The Morgan fingerprint density at radius 1 is 1.32 bits per heavy atom. The van der Waals surface area contributed by atoms with E-state index in [0.717, 1.165) is 25.0 Å². The zero-order valence-electron chi connectivity index (χ0n) is 12.2. The van der Waals surface area contributed by atoms with Crippen molar-refractivity contribution in [3.8, 4) is 0 Å². The highest BCUT2D eigenvalue weighted by atomic mass is 19.4. The number of hydrogen-bond acceptors (Lipinski definition) is 2. The Balaban J connectivity index is 1.86. The fraction of sp³-hybridized carbons (Fsp3) is 0.562. The average Bonchev–Trinajstić information content (AvgIpc) is 3.27. The summed E-state index contributed by atoms with van der Waals surface area (Å²) in [6.45, 7) is 1.15. The van der Waals surface area contributed by atoms with Crippen LogP contribution in [0.5, 0.6) is 0 Å². The molecule has 1 aliphatic carbocycles. The molecule has 1 aromatic rings. The van der Waals surface area contributed by atoms with Crippen LogP contribution in [0.2, 0.25) is 0 Å². The summed E-state index contributed by atoms with van der Waals surface area (Å²) in [6, 6.07) is 5.14. The number of rotatable bonds is 2. The first-order chi connectivity index (χ1) is 10.3. The number of amides is 1. The first kappa shape index (κ1) is 15.3. The molecule has 22 heavy (non-hydrogen) atoms. The second-order valence-corrected chi connectivity index (χ2v) is 6.31. The van der Waals surface area contributed by atoms with Crippen LogP contribution in [0.15, 0.2) is 24.3 Å². The Morgan fingerprint density at radius 3 is 2.64 bits per heavy atom. The van der Waals surface area contributed by atoms with Crippen molar-refractivity contribution < 1.29 is 18.0 Å². The molecular formula is C16H19F3N2O. The van der Waals surface area contributed by atoms with Crippen molar-refractivity contribution in [2.24, 2.45) is 5.73 Å². The monoisotopic (exact) mass is 312 g/mol. The van der Waals surface area contributed by atoms with Crippen molar-refractivity contribution in [3.63, 3.8) is 0 Å². The van der Waals surface area contributed by atoms with Crippen LogP contribution in [0, 0.1) is 0 Å². The number of nitrogens with zero attached hydrogens (tertiary/aromatic N) is 1. The summed E-state index contributed by atoms with van der Waals surface area (Å²) in [4.78, 5) is 14.5. The maximum Gasteiger partial charge on any atom is 0.416 e. The topological polar surface area (TPSA) is 46.3 Å². The van der Waals surface area contributed by atoms with E-state index in [0.29, 0.717) is 31.5 Å². The highest BCUT2D eigenvalue weighted by molar-refractivity contribution is 5.91. The fourth-order valence-electron chi connectivity index (χ4n) is 3.24. The van der Waals surface area contributed by atoms with Crippen molar-refractivity contribution in [1.82, 2.24) is 4.90 Å². The number of halogens is 3. The molecule has 3 nitrogen and oxygen atoms in total. The van der Waals surface area contributed by atoms with Gasteiger partial charge in [0.2, 0.25) is 5.91 Å². The summed E-state index contributed by atoms with van der Waals surface area (Å²) in [7, 11) is 0. The molecule has 1 saturated heterocycles. The smallest absolute Gasteiger partial charge is 0.340 e. The number of nitrogens with two attached hydrogens (primary N) is 1. The van der Waals surface area contributed by atoms with Crippen LogP contribution < -0.4 is 5.73 Å². The summed E-state index contributed by atoms with van der Waals surface area (Å²) < 4.78 is 38.6. The Kier molecular flexibility index (Phi) is 3.67. The molecular weight excluding hydrogens is 293 g/mol. The van der Waals surface area contributed by atoms with E-state index in [1.54, 1.807) is 11.0 Å². The van der Waals surface area contributed by atoms with E-state index < -0.39 is 17.2 Å². The molecule has 1 unspecified atom stereocenters. The Labute approximate surface area is 127 Å². The van der Waals surface area contributed by atoms with Gasteiger partial charge in [0.1, 0.15) is 0 Å². The van der Waals surface area contributed by atoms with E-state index in [9.17, 15) is 18.0 Å². The normalized spacial score (nSPS) is 24.2. The molecule has 2 fully saturated rings. The van der Waals surface area contributed by atoms with E-state index in [1.165, 1.54) is 6.07 Å². The molecule has 0 spiro atoms. The number of piperidine rings is 1. The largest absolute Gasteiger partial charge is 0.416 e. The van der Waals surface area contributed by atoms with Gasteiger partial charge in [0.15, 0.2) is 0 Å². The highest BCUT2D eigenvalue weighted by Crippen LogP contribution is 2.50. The lowest BCUT2D eigenvalue weighted by Gasteiger charge is -2.34. The Morgan fingerprint density at radius 2 is 2.05 bits per heavy atom. The van der Waals surface area contributed by atoms with Crippen molar-refractivity contribution in [3.05, 3.63) is 35.4 Å². The predicted octanol–water partition coefficient (Wildman–Crippen LogP) is 2.69. The van der Waals surface area contributed by atoms with Gasteiger partial charge in [0.05, 0.1) is 11.0 Å². The third-order valence-corrected chi connectivity index (χ3v) is 4.65. The van der Waals surface area contributed by atoms with Crippen molar-refractivity contribution in [2.75, 3.05) is 13.1 Å². The second kappa shape index (κ2) is 5.26. The number of carbonyl (C=O) groups is 1. The van der Waals surface area contributed by atoms with Crippen molar-refractivity contribution >= 4 is 5.91 Å². The molecule has 0 radical (unpaired) electrons. The van der Waals surface area contributed by atoms with Crippen LogP contribution in [-0.2, 0) is 16.4 Å². The first-order valence-electron chi connectivity index (χ1n) is 7.56. The highest BCUT2D eigenvalue weighted by Gasteiger charge is 2.53. The number of carbonyl (C=O) groups excluding carboxylic acids is 1. The minimum Gasteiger partial charge on any atom is -0.340 e. The van der Waals surface area contributed by atoms with Gasteiger partial charge in [-0.05, 0) is 37.3 Å². The lowest BCUT2D eigenvalue weighted by atomic mass is 9.91. The molecule has 6 heteroatoms. The lowest BCUT2D eigenvalue weighted by molar-refractivity contribution is -0.138. The fourth-order valence-corrected chi connectivity index (χ4v) is 3.24. The molecule has 1 saturated carbocycles. The molecule has 0 bridgehead atoms. The van der Waals surface area contributed by atoms with E-state index in [1.807, 2.05) is 0 Å². The molecule has 1 aromatic carbocycles. The van der Waals surface area contributed by atoms with E-state index in [2.05, 4.69) is 0 Å². The van der Waals surface area contributed by atoms with Gasteiger partial charge in [-0.3, -0.25) is 4.79 Å². The predicted molar refractivity (Wildman–Crippen MR) is 76.1 cm³/mol. The minimum atomic E-state index is -4.39.